The molecular formula is C15H13NO5S. The molecular weight excluding hydrogens is 306 g/mol. The Morgan fingerprint density at radius 2 is 1.68 bits per heavy atom. The van der Waals surface area contributed by atoms with E-state index in [-0.39, 0.29) is 5.76 Å². The van der Waals surface area contributed by atoms with Crippen molar-refractivity contribution in [3.05, 3.63) is 42.5 Å². The Bertz CT molecular complexity index is 954. The van der Waals surface area contributed by atoms with E-state index in [1.807, 2.05) is 35.1 Å². The van der Waals surface area contributed by atoms with Crippen molar-refractivity contribution < 1.29 is 23.0 Å². The van der Waals surface area contributed by atoms with Crippen molar-refractivity contribution in [2.24, 2.45) is 0 Å². The number of fused-ring (bicyclic) bond motifs is 1. The number of benzene rings is 2. The molecule has 114 valence electrons. The Morgan fingerprint density at radius 3 is 2.41 bits per heavy atom. The Labute approximate surface area is 126 Å². The van der Waals surface area contributed by atoms with Crippen molar-refractivity contribution in [3.8, 4) is 22.8 Å². The van der Waals surface area contributed by atoms with Gasteiger partial charge < -0.3 is 14.6 Å². The molecule has 2 aromatic carbocycles. The van der Waals surface area contributed by atoms with E-state index in [0.717, 1.165) is 17.0 Å². The summed E-state index contributed by atoms with van der Waals surface area (Å²) in [6.45, 7) is 0. The van der Waals surface area contributed by atoms with E-state index in [4.69, 9.17) is 4.42 Å². The van der Waals surface area contributed by atoms with Gasteiger partial charge >= 0.3 is 0 Å². The lowest BCUT2D eigenvalue weighted by Crippen LogP contribution is -2.08. The first kappa shape index (κ1) is 14.3. The number of furan rings is 1. The van der Waals surface area contributed by atoms with Gasteiger partial charge in [-0.3, -0.25) is 4.72 Å². The lowest BCUT2D eigenvalue weighted by atomic mass is 10.0. The summed E-state index contributed by atoms with van der Waals surface area (Å²) in [5.41, 5.74) is 0.549. The molecule has 0 aliphatic carbocycles. The summed E-state index contributed by atoms with van der Waals surface area (Å²) in [7, 11) is -3.64. The van der Waals surface area contributed by atoms with Crippen LogP contribution in [0.2, 0.25) is 0 Å². The molecule has 0 aliphatic heterocycles. The smallest absolute Gasteiger partial charge is 0.253 e. The van der Waals surface area contributed by atoms with E-state index in [1.54, 1.807) is 12.1 Å². The van der Waals surface area contributed by atoms with Crippen molar-refractivity contribution in [2.45, 2.75) is 0 Å². The van der Waals surface area contributed by atoms with Crippen molar-refractivity contribution in [3.63, 3.8) is 0 Å². The molecule has 1 heterocycles. The molecule has 3 aromatic rings. The first-order valence-corrected chi connectivity index (χ1v) is 8.26. The average molecular weight is 319 g/mol. The largest absolute Gasteiger partial charge is 0.502 e. The van der Waals surface area contributed by atoms with Gasteiger partial charge in [0.2, 0.25) is 21.5 Å². The topological polar surface area (TPSA) is 99.8 Å². The molecule has 22 heavy (non-hydrogen) atoms. The minimum absolute atomic E-state index is 0.000417. The maximum atomic E-state index is 11.3. The highest BCUT2D eigenvalue weighted by Gasteiger charge is 2.23. The maximum absolute atomic E-state index is 11.3. The van der Waals surface area contributed by atoms with Crippen LogP contribution in [0.5, 0.6) is 11.5 Å². The molecule has 3 N–H and O–H groups in total. The molecule has 0 saturated carbocycles. The lowest BCUT2D eigenvalue weighted by molar-refractivity contribution is 0.410. The number of aromatic hydroxyl groups is 2. The van der Waals surface area contributed by atoms with Gasteiger partial charge in [-0.05, 0) is 10.8 Å². The first-order chi connectivity index (χ1) is 10.4. The fourth-order valence-corrected chi connectivity index (χ4v) is 2.73. The second kappa shape index (κ2) is 4.96. The number of anilines is 1. The Kier molecular flexibility index (Phi) is 3.22. The predicted molar refractivity (Wildman–Crippen MR) is 83.4 cm³/mol. The van der Waals surface area contributed by atoms with Gasteiger partial charge in [-0.25, -0.2) is 8.42 Å². The number of hydrogen-bond donors (Lipinski definition) is 3. The number of hydrogen-bond acceptors (Lipinski definition) is 5. The number of sulfonamides is 1. The minimum Gasteiger partial charge on any atom is -0.502 e. The van der Waals surface area contributed by atoms with E-state index in [2.05, 4.69) is 0 Å². The molecule has 0 atom stereocenters. The van der Waals surface area contributed by atoms with Gasteiger partial charge in [0.15, 0.2) is 5.76 Å². The summed E-state index contributed by atoms with van der Waals surface area (Å²) >= 11 is 0. The SMILES string of the molecule is CS(=O)(=O)Nc1oc(-c2cccc3ccccc23)c(O)c1O. The monoisotopic (exact) mass is 319 g/mol. The van der Waals surface area contributed by atoms with Gasteiger partial charge in [-0.15, -0.1) is 0 Å². The number of nitrogens with one attached hydrogen (secondary N) is 1. The van der Waals surface area contributed by atoms with E-state index < -0.39 is 27.4 Å². The molecule has 0 amide bonds. The highest BCUT2D eigenvalue weighted by Crippen LogP contribution is 2.46. The van der Waals surface area contributed by atoms with Crippen LogP contribution in [-0.2, 0) is 10.0 Å². The summed E-state index contributed by atoms with van der Waals surface area (Å²) in [6.07, 6.45) is 0.920. The van der Waals surface area contributed by atoms with Crippen LogP contribution in [0.15, 0.2) is 46.9 Å². The van der Waals surface area contributed by atoms with Gasteiger partial charge in [0.1, 0.15) is 0 Å². The van der Waals surface area contributed by atoms with Crippen molar-refractivity contribution in [1.82, 2.24) is 0 Å². The van der Waals surface area contributed by atoms with Gasteiger partial charge in [0, 0.05) is 5.56 Å². The third-order valence-corrected chi connectivity index (χ3v) is 3.73. The van der Waals surface area contributed by atoms with Crippen LogP contribution in [0, 0.1) is 0 Å². The molecule has 0 fully saturated rings. The molecule has 3 rings (SSSR count). The number of rotatable bonds is 3. The molecule has 0 aliphatic rings. The zero-order valence-corrected chi connectivity index (χ0v) is 12.4. The molecule has 0 radical (unpaired) electrons. The highest BCUT2D eigenvalue weighted by molar-refractivity contribution is 7.92. The maximum Gasteiger partial charge on any atom is 0.253 e. The van der Waals surface area contributed by atoms with Crippen molar-refractivity contribution >= 4 is 26.7 Å². The van der Waals surface area contributed by atoms with E-state index in [0.29, 0.717) is 5.56 Å². The Balaban J connectivity index is 2.22. The molecule has 0 bridgehead atoms. The van der Waals surface area contributed by atoms with Gasteiger partial charge in [-0.1, -0.05) is 42.5 Å². The fraction of sp³-hybridized carbons (Fsp3) is 0.0667. The summed E-state index contributed by atoms with van der Waals surface area (Å²) in [4.78, 5) is 0. The summed E-state index contributed by atoms with van der Waals surface area (Å²) in [6, 6.07) is 12.8. The first-order valence-electron chi connectivity index (χ1n) is 6.37. The zero-order valence-electron chi connectivity index (χ0n) is 11.6. The summed E-state index contributed by atoms with van der Waals surface area (Å²) in [5.74, 6) is -1.57. The predicted octanol–water partition coefficient (Wildman–Crippen LogP) is 2.88. The molecule has 6 nitrogen and oxygen atoms in total. The van der Waals surface area contributed by atoms with Crippen LogP contribution in [0.1, 0.15) is 0 Å². The highest BCUT2D eigenvalue weighted by atomic mass is 32.2. The average Bonchev–Trinajstić information content (AvgIpc) is 2.73. The fourth-order valence-electron chi connectivity index (χ4n) is 2.26. The van der Waals surface area contributed by atoms with Crippen LogP contribution in [0.3, 0.4) is 0 Å². The quantitative estimate of drug-likeness (QED) is 0.689. The zero-order chi connectivity index (χ0) is 15.9. The van der Waals surface area contributed by atoms with Crippen LogP contribution in [0.4, 0.5) is 5.88 Å². The van der Waals surface area contributed by atoms with Crippen LogP contribution < -0.4 is 4.72 Å². The summed E-state index contributed by atoms with van der Waals surface area (Å²) < 4.78 is 29.9. The third kappa shape index (κ3) is 2.46. The lowest BCUT2D eigenvalue weighted by Gasteiger charge is -2.04. The molecule has 0 spiro atoms. The third-order valence-electron chi connectivity index (χ3n) is 3.17. The Morgan fingerprint density at radius 1 is 1.00 bits per heavy atom. The normalized spacial score (nSPS) is 11.7. The summed E-state index contributed by atoms with van der Waals surface area (Å²) in [5, 5.41) is 21.6. The molecule has 7 heteroatoms. The molecule has 0 unspecified atom stereocenters. The standard InChI is InChI=1S/C15H13NO5S/c1-22(19,20)16-15-13(18)12(17)14(21-15)11-8-4-6-9-5-2-3-7-10(9)11/h2-8,16-18H,1H3. The van der Waals surface area contributed by atoms with Crippen molar-refractivity contribution in [2.75, 3.05) is 11.0 Å². The van der Waals surface area contributed by atoms with Gasteiger partial charge in [-0.2, -0.15) is 0 Å². The molecule has 1 aromatic heterocycles. The van der Waals surface area contributed by atoms with E-state index >= 15 is 0 Å². The van der Waals surface area contributed by atoms with Gasteiger partial charge in [0.25, 0.3) is 5.88 Å². The molecule has 0 saturated heterocycles. The van der Waals surface area contributed by atoms with Gasteiger partial charge in [0.05, 0.1) is 6.26 Å². The van der Waals surface area contributed by atoms with Crippen LogP contribution in [-0.4, -0.2) is 24.9 Å². The second-order valence-electron chi connectivity index (χ2n) is 4.86. The van der Waals surface area contributed by atoms with E-state index in [9.17, 15) is 18.6 Å². The van der Waals surface area contributed by atoms with E-state index in [1.165, 1.54) is 0 Å². The van der Waals surface area contributed by atoms with Crippen molar-refractivity contribution in [1.29, 1.82) is 0 Å². The minimum atomic E-state index is -3.64. The van der Waals surface area contributed by atoms with Crippen LogP contribution >= 0.6 is 0 Å². The Hall–Kier alpha value is -2.67. The second-order valence-corrected chi connectivity index (χ2v) is 6.61. The van der Waals surface area contributed by atoms with Crippen LogP contribution in [0.25, 0.3) is 22.1 Å².